The molecule has 3 rings (SSSR count). The van der Waals surface area contributed by atoms with Gasteiger partial charge in [0.2, 0.25) is 0 Å². The number of hydrogen-bond donors (Lipinski definition) is 2. The number of morpholine rings is 1. The van der Waals surface area contributed by atoms with Gasteiger partial charge in [-0.05, 0) is 44.0 Å². The lowest BCUT2D eigenvalue weighted by Crippen LogP contribution is -2.51. The molecule has 3 amide bonds. The lowest BCUT2D eigenvalue weighted by Gasteiger charge is -2.32. The smallest absolute Gasteiger partial charge is 0.322 e. The summed E-state index contributed by atoms with van der Waals surface area (Å²) in [5.74, 6) is -0.287. The number of hydrogen-bond acceptors (Lipinski definition) is 4. The average molecular weight is 368 g/mol. The molecule has 7 heteroatoms. The van der Waals surface area contributed by atoms with Gasteiger partial charge in [0.1, 0.15) is 0 Å². The highest BCUT2D eigenvalue weighted by atomic mass is 16.5. The lowest BCUT2D eigenvalue weighted by atomic mass is 10.1. The number of amides is 3. The number of nitrogens with one attached hydrogen (secondary N) is 2. The number of pyridine rings is 1. The molecule has 0 radical (unpaired) electrons. The van der Waals surface area contributed by atoms with Gasteiger partial charge in [-0.25, -0.2) is 4.79 Å². The summed E-state index contributed by atoms with van der Waals surface area (Å²) in [5, 5.41) is 5.73. The van der Waals surface area contributed by atoms with Crippen molar-refractivity contribution in [2.75, 3.05) is 30.3 Å². The maximum Gasteiger partial charge on any atom is 0.322 e. The molecular weight excluding hydrogens is 344 g/mol. The maximum atomic E-state index is 12.7. The van der Waals surface area contributed by atoms with Gasteiger partial charge in [-0.2, -0.15) is 0 Å². The Kier molecular flexibility index (Phi) is 5.71. The number of urea groups is 1. The zero-order valence-corrected chi connectivity index (χ0v) is 15.8. The first kappa shape index (κ1) is 18.8. The first-order valence-corrected chi connectivity index (χ1v) is 8.91. The molecular formula is C20H24N4O3. The highest BCUT2D eigenvalue weighted by Gasteiger charge is 2.29. The number of ether oxygens (including phenoxy) is 1. The van der Waals surface area contributed by atoms with Crippen molar-refractivity contribution >= 4 is 23.3 Å². The van der Waals surface area contributed by atoms with E-state index in [0.717, 1.165) is 22.5 Å². The fraction of sp³-hybridized carbons (Fsp3) is 0.350. The van der Waals surface area contributed by atoms with E-state index in [-0.39, 0.29) is 18.5 Å². The molecule has 0 spiro atoms. The molecule has 142 valence electrons. The second-order valence-corrected chi connectivity index (χ2v) is 6.68. The van der Waals surface area contributed by atoms with Crippen LogP contribution in [0.15, 0.2) is 36.5 Å². The van der Waals surface area contributed by atoms with Gasteiger partial charge in [-0.1, -0.05) is 18.2 Å². The second-order valence-electron chi connectivity index (χ2n) is 6.68. The summed E-state index contributed by atoms with van der Waals surface area (Å²) in [6.45, 7) is 6.73. The Morgan fingerprint density at radius 2 is 1.85 bits per heavy atom. The molecule has 2 N–H and O–H groups in total. The number of benzene rings is 1. The number of carbonyl (C=O) groups excluding carboxylic acids is 2. The third-order valence-corrected chi connectivity index (χ3v) is 4.54. The van der Waals surface area contributed by atoms with Crippen LogP contribution in [-0.4, -0.2) is 47.6 Å². The quantitative estimate of drug-likeness (QED) is 0.873. The van der Waals surface area contributed by atoms with E-state index in [0.29, 0.717) is 18.8 Å². The number of carbonyl (C=O) groups is 2. The standard InChI is InChI=1S/C20H24N4O3/c1-13-5-4-6-14(2)18(13)23-20(26)24-9-10-27-17(12-24)19(25)22-16-8-7-15(3)21-11-16/h4-8,11,17H,9-10,12H2,1-3H3,(H,22,25)(H,23,26)/t17-/m1/s1. The summed E-state index contributed by atoms with van der Waals surface area (Å²) >= 11 is 0. The van der Waals surface area contributed by atoms with Crippen LogP contribution in [0.1, 0.15) is 16.8 Å². The van der Waals surface area contributed by atoms with Crippen LogP contribution >= 0.6 is 0 Å². The molecule has 7 nitrogen and oxygen atoms in total. The summed E-state index contributed by atoms with van der Waals surface area (Å²) in [6, 6.07) is 9.23. The maximum absolute atomic E-state index is 12.7. The molecule has 2 heterocycles. The van der Waals surface area contributed by atoms with Crippen molar-refractivity contribution in [2.45, 2.75) is 26.9 Å². The average Bonchev–Trinajstić information content (AvgIpc) is 2.66. The van der Waals surface area contributed by atoms with E-state index in [4.69, 9.17) is 4.74 Å². The van der Waals surface area contributed by atoms with Gasteiger partial charge in [0.25, 0.3) is 5.91 Å². The van der Waals surface area contributed by atoms with Crippen LogP contribution in [0.4, 0.5) is 16.2 Å². The highest BCUT2D eigenvalue weighted by molar-refractivity contribution is 5.95. The Labute approximate surface area is 158 Å². The van der Waals surface area contributed by atoms with Crippen molar-refractivity contribution < 1.29 is 14.3 Å². The van der Waals surface area contributed by atoms with Crippen LogP contribution < -0.4 is 10.6 Å². The predicted molar refractivity (Wildman–Crippen MR) is 104 cm³/mol. The van der Waals surface area contributed by atoms with Gasteiger partial charge < -0.3 is 20.3 Å². The Morgan fingerprint density at radius 3 is 2.52 bits per heavy atom. The van der Waals surface area contributed by atoms with Crippen LogP contribution in [0.5, 0.6) is 0 Å². The lowest BCUT2D eigenvalue weighted by molar-refractivity contribution is -0.131. The van der Waals surface area contributed by atoms with Crippen LogP contribution in [0.25, 0.3) is 0 Å². The largest absolute Gasteiger partial charge is 0.365 e. The summed E-state index contributed by atoms with van der Waals surface area (Å²) in [6.07, 6.45) is 0.880. The highest BCUT2D eigenvalue weighted by Crippen LogP contribution is 2.20. The minimum absolute atomic E-state index is 0.196. The van der Waals surface area contributed by atoms with Gasteiger partial charge in [0, 0.05) is 17.9 Å². The summed E-state index contributed by atoms with van der Waals surface area (Å²) < 4.78 is 5.56. The zero-order chi connectivity index (χ0) is 19.4. The SMILES string of the molecule is Cc1ccc(NC(=O)[C@H]2CN(C(=O)Nc3c(C)cccc3C)CCO2)cn1. The summed E-state index contributed by atoms with van der Waals surface area (Å²) in [4.78, 5) is 30.9. The first-order valence-electron chi connectivity index (χ1n) is 8.91. The Bertz CT molecular complexity index is 815. The molecule has 1 fully saturated rings. The molecule has 0 aliphatic carbocycles. The van der Waals surface area contributed by atoms with E-state index >= 15 is 0 Å². The molecule has 1 aromatic heterocycles. The Hall–Kier alpha value is -2.93. The van der Waals surface area contributed by atoms with E-state index in [9.17, 15) is 9.59 Å². The van der Waals surface area contributed by atoms with E-state index < -0.39 is 6.10 Å². The predicted octanol–water partition coefficient (Wildman–Crippen LogP) is 2.88. The second kappa shape index (κ2) is 8.18. The van der Waals surface area contributed by atoms with Gasteiger partial charge in [-0.3, -0.25) is 9.78 Å². The molecule has 2 aromatic rings. The molecule has 1 saturated heterocycles. The number of aryl methyl sites for hydroxylation is 3. The van der Waals surface area contributed by atoms with Crippen LogP contribution in [0, 0.1) is 20.8 Å². The first-order chi connectivity index (χ1) is 12.9. The fourth-order valence-electron chi connectivity index (χ4n) is 2.95. The Balaban J connectivity index is 1.62. The number of aromatic nitrogens is 1. The van der Waals surface area contributed by atoms with Crippen molar-refractivity contribution in [1.82, 2.24) is 9.88 Å². The number of anilines is 2. The van der Waals surface area contributed by atoms with E-state index in [1.54, 1.807) is 17.2 Å². The Morgan fingerprint density at radius 1 is 1.11 bits per heavy atom. The fourth-order valence-corrected chi connectivity index (χ4v) is 2.95. The summed E-state index contributed by atoms with van der Waals surface area (Å²) in [7, 11) is 0. The zero-order valence-electron chi connectivity index (χ0n) is 15.8. The van der Waals surface area contributed by atoms with E-state index in [1.807, 2.05) is 45.0 Å². The van der Waals surface area contributed by atoms with E-state index in [1.165, 1.54) is 0 Å². The molecule has 0 unspecified atom stereocenters. The third kappa shape index (κ3) is 4.62. The monoisotopic (exact) mass is 368 g/mol. The summed E-state index contributed by atoms with van der Waals surface area (Å²) in [5.41, 5.74) is 4.28. The van der Waals surface area contributed by atoms with Crippen LogP contribution in [0.3, 0.4) is 0 Å². The minimum Gasteiger partial charge on any atom is -0.365 e. The molecule has 1 atom stereocenters. The van der Waals surface area contributed by atoms with Crippen LogP contribution in [0.2, 0.25) is 0 Å². The van der Waals surface area contributed by atoms with Gasteiger partial charge >= 0.3 is 6.03 Å². The minimum atomic E-state index is -0.719. The molecule has 0 bridgehead atoms. The van der Waals surface area contributed by atoms with Gasteiger partial charge in [0.15, 0.2) is 6.10 Å². The van der Waals surface area contributed by atoms with Crippen molar-refractivity contribution in [3.63, 3.8) is 0 Å². The number of nitrogens with zero attached hydrogens (tertiary/aromatic N) is 2. The molecule has 1 aliphatic heterocycles. The number of rotatable bonds is 3. The number of para-hydroxylation sites is 1. The van der Waals surface area contributed by atoms with E-state index in [2.05, 4.69) is 15.6 Å². The van der Waals surface area contributed by atoms with Crippen molar-refractivity contribution in [2.24, 2.45) is 0 Å². The van der Waals surface area contributed by atoms with Crippen molar-refractivity contribution in [3.8, 4) is 0 Å². The molecule has 1 aliphatic rings. The van der Waals surface area contributed by atoms with Gasteiger partial charge in [0.05, 0.1) is 25.0 Å². The third-order valence-electron chi connectivity index (χ3n) is 4.54. The topological polar surface area (TPSA) is 83.6 Å². The van der Waals surface area contributed by atoms with Crippen molar-refractivity contribution in [3.05, 3.63) is 53.3 Å². The molecule has 0 saturated carbocycles. The molecule has 1 aromatic carbocycles. The van der Waals surface area contributed by atoms with Gasteiger partial charge in [-0.15, -0.1) is 0 Å². The normalized spacial score (nSPS) is 16.7. The molecule has 27 heavy (non-hydrogen) atoms. The van der Waals surface area contributed by atoms with Crippen LogP contribution in [-0.2, 0) is 9.53 Å². The van der Waals surface area contributed by atoms with Crippen molar-refractivity contribution in [1.29, 1.82) is 0 Å².